The minimum Gasteiger partial charge on any atom is -0.481 e. The fourth-order valence-electron chi connectivity index (χ4n) is 2.68. The molecule has 2 aromatic rings. The second-order valence-electron chi connectivity index (χ2n) is 5.82. The maximum atomic E-state index is 12.5. The fraction of sp³-hybridized carbons (Fsp3) is 0.176. The highest BCUT2D eigenvalue weighted by atomic mass is 35.5. The van der Waals surface area contributed by atoms with Crippen LogP contribution in [0, 0.1) is 5.92 Å². The Morgan fingerprint density at radius 3 is 2.38 bits per heavy atom. The van der Waals surface area contributed by atoms with Crippen LogP contribution in [-0.4, -0.2) is 31.9 Å². The summed E-state index contributed by atoms with van der Waals surface area (Å²) < 4.78 is 27.3. The number of hydrogen-bond donors (Lipinski definition) is 2. The molecule has 2 N–H and O–H groups in total. The summed E-state index contributed by atoms with van der Waals surface area (Å²) in [5.74, 6) is -2.08. The number of carbonyl (C=O) groups is 2. The van der Waals surface area contributed by atoms with Gasteiger partial charge >= 0.3 is 5.97 Å². The predicted molar refractivity (Wildman–Crippen MR) is 96.8 cm³/mol. The summed E-state index contributed by atoms with van der Waals surface area (Å²) in [6.45, 7) is 0.0676. The van der Waals surface area contributed by atoms with E-state index in [2.05, 4.69) is 4.72 Å². The van der Waals surface area contributed by atoms with Crippen molar-refractivity contribution in [2.45, 2.75) is 11.3 Å². The van der Waals surface area contributed by atoms with Gasteiger partial charge in [0.25, 0.3) is 10.0 Å². The number of amides is 1. The number of sulfonamides is 1. The van der Waals surface area contributed by atoms with Gasteiger partial charge in [-0.2, -0.15) is 0 Å². The summed E-state index contributed by atoms with van der Waals surface area (Å²) in [4.78, 5) is 24.3. The normalized spacial score (nSPS) is 17.3. The molecule has 1 heterocycles. The zero-order valence-electron chi connectivity index (χ0n) is 13.4. The zero-order valence-corrected chi connectivity index (χ0v) is 15.0. The molecule has 0 aromatic heterocycles. The second kappa shape index (κ2) is 6.97. The predicted octanol–water partition coefficient (Wildman–Crippen LogP) is 2.58. The van der Waals surface area contributed by atoms with Crippen LogP contribution in [0.15, 0.2) is 53.4 Å². The van der Waals surface area contributed by atoms with Crippen molar-refractivity contribution >= 4 is 44.9 Å². The van der Waals surface area contributed by atoms with E-state index >= 15 is 0 Å². The Morgan fingerprint density at radius 1 is 1.15 bits per heavy atom. The Kier molecular flexibility index (Phi) is 4.88. The highest BCUT2D eigenvalue weighted by Crippen LogP contribution is 2.28. The number of halogens is 1. The first kappa shape index (κ1) is 18.2. The average Bonchev–Trinajstić information content (AvgIpc) is 2.99. The van der Waals surface area contributed by atoms with Gasteiger partial charge in [-0.1, -0.05) is 23.7 Å². The van der Waals surface area contributed by atoms with E-state index in [4.69, 9.17) is 16.7 Å². The third-order valence-electron chi connectivity index (χ3n) is 4.05. The molecule has 3 rings (SSSR count). The number of benzene rings is 2. The van der Waals surface area contributed by atoms with Crippen molar-refractivity contribution in [3.05, 3.63) is 53.6 Å². The van der Waals surface area contributed by atoms with Gasteiger partial charge in [0.15, 0.2) is 0 Å². The zero-order chi connectivity index (χ0) is 18.9. The Hall–Kier alpha value is -2.58. The Labute approximate surface area is 155 Å². The largest absolute Gasteiger partial charge is 0.481 e. The van der Waals surface area contributed by atoms with Crippen LogP contribution in [0.3, 0.4) is 0 Å². The van der Waals surface area contributed by atoms with Gasteiger partial charge in [0.1, 0.15) is 0 Å². The van der Waals surface area contributed by atoms with E-state index in [1.54, 1.807) is 24.3 Å². The molecule has 1 amide bonds. The molecule has 7 nitrogen and oxygen atoms in total. The number of hydrogen-bond acceptors (Lipinski definition) is 4. The molecule has 0 aliphatic carbocycles. The molecule has 9 heteroatoms. The van der Waals surface area contributed by atoms with Gasteiger partial charge < -0.3 is 10.0 Å². The van der Waals surface area contributed by atoms with Crippen molar-refractivity contribution in [1.82, 2.24) is 0 Å². The molecule has 0 spiro atoms. The average molecular weight is 395 g/mol. The van der Waals surface area contributed by atoms with E-state index < -0.39 is 21.9 Å². The minimum atomic E-state index is -3.85. The van der Waals surface area contributed by atoms with Crippen LogP contribution in [0.4, 0.5) is 11.4 Å². The van der Waals surface area contributed by atoms with Gasteiger partial charge in [-0.3, -0.25) is 14.3 Å². The molecule has 1 saturated heterocycles. The molecule has 1 aliphatic heterocycles. The highest BCUT2D eigenvalue weighted by molar-refractivity contribution is 7.92. The maximum absolute atomic E-state index is 12.5. The maximum Gasteiger partial charge on any atom is 0.308 e. The van der Waals surface area contributed by atoms with Gasteiger partial charge in [-0.25, -0.2) is 8.42 Å². The molecule has 136 valence electrons. The van der Waals surface area contributed by atoms with Crippen LogP contribution in [-0.2, 0) is 19.6 Å². The first-order valence-electron chi connectivity index (χ1n) is 7.68. The van der Waals surface area contributed by atoms with Crippen molar-refractivity contribution in [2.24, 2.45) is 5.92 Å². The number of anilines is 2. The standard InChI is InChI=1S/C17H15ClN2O5S/c18-14-3-1-2-4-15(14)19-26(24,25)13-7-5-12(6-8-13)20-10-11(17(22)23)9-16(20)21/h1-8,11,19H,9-10H2,(H,22,23)/t11-/m1/s1. The quantitative estimate of drug-likeness (QED) is 0.811. The van der Waals surface area contributed by atoms with Gasteiger partial charge in [0, 0.05) is 18.7 Å². The number of nitrogens with zero attached hydrogens (tertiary/aromatic N) is 1. The third-order valence-corrected chi connectivity index (χ3v) is 5.76. The lowest BCUT2D eigenvalue weighted by molar-refractivity contribution is -0.141. The van der Waals surface area contributed by atoms with Crippen LogP contribution >= 0.6 is 11.6 Å². The smallest absolute Gasteiger partial charge is 0.308 e. The monoisotopic (exact) mass is 394 g/mol. The third kappa shape index (κ3) is 3.66. The number of nitrogens with one attached hydrogen (secondary N) is 1. The van der Waals surface area contributed by atoms with E-state index in [9.17, 15) is 18.0 Å². The van der Waals surface area contributed by atoms with Crippen molar-refractivity contribution in [3.8, 4) is 0 Å². The molecule has 0 unspecified atom stereocenters. The first-order valence-corrected chi connectivity index (χ1v) is 9.54. The summed E-state index contributed by atoms with van der Waals surface area (Å²) >= 11 is 5.97. The van der Waals surface area contributed by atoms with Crippen molar-refractivity contribution < 1.29 is 23.1 Å². The van der Waals surface area contributed by atoms with E-state index in [1.807, 2.05) is 0 Å². The molecule has 1 fully saturated rings. The van der Waals surface area contributed by atoms with E-state index in [1.165, 1.54) is 29.2 Å². The first-order chi connectivity index (χ1) is 12.3. The summed E-state index contributed by atoms with van der Waals surface area (Å²) in [7, 11) is -3.85. The van der Waals surface area contributed by atoms with Crippen molar-refractivity contribution in [2.75, 3.05) is 16.2 Å². The number of carboxylic acid groups (broad SMARTS) is 1. The van der Waals surface area contributed by atoms with Gasteiger partial charge in [0.2, 0.25) is 5.91 Å². The number of aliphatic carboxylic acids is 1. The van der Waals surface area contributed by atoms with Crippen LogP contribution in [0.1, 0.15) is 6.42 Å². The molecule has 1 atom stereocenters. The molecular formula is C17H15ClN2O5S. The van der Waals surface area contributed by atoms with Gasteiger partial charge in [-0.05, 0) is 36.4 Å². The molecule has 26 heavy (non-hydrogen) atoms. The van der Waals surface area contributed by atoms with Crippen molar-refractivity contribution in [1.29, 1.82) is 0 Å². The van der Waals surface area contributed by atoms with Crippen LogP contribution in [0.5, 0.6) is 0 Å². The van der Waals surface area contributed by atoms with Crippen molar-refractivity contribution in [3.63, 3.8) is 0 Å². The summed E-state index contributed by atoms with van der Waals surface area (Å²) in [6.07, 6.45) is -0.0660. The SMILES string of the molecule is O=C(O)[C@@H]1CC(=O)N(c2ccc(S(=O)(=O)Nc3ccccc3Cl)cc2)C1. The lowest BCUT2D eigenvalue weighted by Crippen LogP contribution is -2.25. The molecule has 0 saturated carbocycles. The summed E-state index contributed by atoms with van der Waals surface area (Å²) in [5.41, 5.74) is 0.715. The van der Waals surface area contributed by atoms with Crippen LogP contribution in [0.2, 0.25) is 5.02 Å². The number of carboxylic acids is 1. The molecular weight excluding hydrogens is 380 g/mol. The molecule has 0 radical (unpaired) electrons. The van der Waals surface area contributed by atoms with Gasteiger partial charge in [0.05, 0.1) is 21.5 Å². The number of rotatable bonds is 5. The lowest BCUT2D eigenvalue weighted by Gasteiger charge is -2.17. The highest BCUT2D eigenvalue weighted by Gasteiger charge is 2.35. The Morgan fingerprint density at radius 2 is 1.81 bits per heavy atom. The number of para-hydroxylation sites is 1. The Balaban J connectivity index is 1.80. The van der Waals surface area contributed by atoms with E-state index in [0.717, 1.165) is 0 Å². The summed E-state index contributed by atoms with van der Waals surface area (Å²) in [6, 6.07) is 12.1. The van der Waals surface area contributed by atoms with Crippen LogP contribution < -0.4 is 9.62 Å². The topological polar surface area (TPSA) is 104 Å². The van der Waals surface area contributed by atoms with E-state index in [-0.39, 0.29) is 34.5 Å². The molecule has 1 aliphatic rings. The van der Waals surface area contributed by atoms with Crippen LogP contribution in [0.25, 0.3) is 0 Å². The number of carbonyl (C=O) groups excluding carboxylic acids is 1. The summed E-state index contributed by atoms with van der Waals surface area (Å²) in [5, 5.41) is 9.31. The lowest BCUT2D eigenvalue weighted by atomic mass is 10.1. The molecule has 2 aromatic carbocycles. The second-order valence-corrected chi connectivity index (χ2v) is 7.91. The van der Waals surface area contributed by atoms with E-state index in [0.29, 0.717) is 5.69 Å². The van der Waals surface area contributed by atoms with Gasteiger partial charge in [-0.15, -0.1) is 0 Å². The minimum absolute atomic E-state index is 0.00241. The fourth-order valence-corrected chi connectivity index (χ4v) is 3.99. The molecule has 0 bridgehead atoms. The Bertz CT molecular complexity index is 959.